The fraction of sp³-hybridized carbons (Fsp3) is 1.00. The molecule has 11 heavy (non-hydrogen) atoms. The molecule has 2 N–H and O–H groups in total. The van der Waals surface area contributed by atoms with E-state index in [1.165, 1.54) is 32.1 Å². The summed E-state index contributed by atoms with van der Waals surface area (Å²) in [4.78, 5) is 0. The van der Waals surface area contributed by atoms with Gasteiger partial charge in [0.15, 0.2) is 0 Å². The van der Waals surface area contributed by atoms with Crippen molar-refractivity contribution in [3.05, 3.63) is 0 Å². The van der Waals surface area contributed by atoms with Crippen LogP contribution in [0.25, 0.3) is 0 Å². The molecule has 0 heterocycles. The van der Waals surface area contributed by atoms with Crippen molar-refractivity contribution in [2.24, 2.45) is 17.6 Å². The Balaban J connectivity index is 2.04. The summed E-state index contributed by atoms with van der Waals surface area (Å²) in [6, 6.07) is 0.472. The third-order valence-corrected chi connectivity index (χ3v) is 2.63. The Morgan fingerprint density at radius 3 is 2.36 bits per heavy atom. The van der Waals surface area contributed by atoms with E-state index in [4.69, 9.17) is 5.73 Å². The Bertz CT molecular complexity index is 105. The van der Waals surface area contributed by atoms with Crippen LogP contribution in [0.3, 0.4) is 0 Å². The average molecular weight is 155 g/mol. The summed E-state index contributed by atoms with van der Waals surface area (Å²) >= 11 is 0. The maximum absolute atomic E-state index is 5.98. The lowest BCUT2D eigenvalue weighted by Gasteiger charge is -2.28. The van der Waals surface area contributed by atoms with E-state index < -0.39 is 0 Å². The van der Waals surface area contributed by atoms with Gasteiger partial charge >= 0.3 is 0 Å². The molecule has 1 nitrogen and oxygen atoms in total. The number of hydrogen-bond acceptors (Lipinski definition) is 1. The summed E-state index contributed by atoms with van der Waals surface area (Å²) in [5.74, 6) is 1.74. The molecule has 1 fully saturated rings. The topological polar surface area (TPSA) is 26.0 Å². The molecule has 0 amide bonds. The molecule has 1 aliphatic carbocycles. The summed E-state index contributed by atoms with van der Waals surface area (Å²) in [5.41, 5.74) is 5.98. The highest BCUT2D eigenvalue weighted by Crippen LogP contribution is 2.30. The summed E-state index contributed by atoms with van der Waals surface area (Å²) in [6.45, 7) is 4.50. The van der Waals surface area contributed by atoms with E-state index in [0.717, 1.165) is 11.8 Å². The van der Waals surface area contributed by atoms with Crippen molar-refractivity contribution in [1.82, 2.24) is 0 Å². The fourth-order valence-corrected chi connectivity index (χ4v) is 1.86. The Kier molecular flexibility index (Phi) is 3.38. The SMILES string of the molecule is CC(C)CC(N)CC1CCC1. The van der Waals surface area contributed by atoms with Crippen molar-refractivity contribution < 1.29 is 0 Å². The summed E-state index contributed by atoms with van der Waals surface area (Å²) in [7, 11) is 0. The van der Waals surface area contributed by atoms with Gasteiger partial charge in [0.1, 0.15) is 0 Å². The number of rotatable bonds is 4. The Hall–Kier alpha value is -0.0400. The summed E-state index contributed by atoms with van der Waals surface area (Å²) in [5, 5.41) is 0. The average Bonchev–Trinajstić information content (AvgIpc) is 1.77. The van der Waals surface area contributed by atoms with Gasteiger partial charge < -0.3 is 5.73 Å². The molecule has 0 radical (unpaired) electrons. The highest BCUT2D eigenvalue weighted by atomic mass is 14.6. The van der Waals surface area contributed by atoms with E-state index in [0.29, 0.717) is 6.04 Å². The minimum Gasteiger partial charge on any atom is -0.328 e. The highest BCUT2D eigenvalue weighted by Gasteiger charge is 2.20. The largest absolute Gasteiger partial charge is 0.328 e. The predicted molar refractivity (Wildman–Crippen MR) is 49.4 cm³/mol. The first kappa shape index (κ1) is 9.05. The van der Waals surface area contributed by atoms with Gasteiger partial charge in [0.2, 0.25) is 0 Å². The predicted octanol–water partition coefficient (Wildman–Crippen LogP) is 2.55. The zero-order valence-electron chi connectivity index (χ0n) is 7.84. The van der Waals surface area contributed by atoms with Crippen LogP contribution in [0.15, 0.2) is 0 Å². The lowest BCUT2D eigenvalue weighted by Crippen LogP contribution is -2.27. The van der Waals surface area contributed by atoms with Gasteiger partial charge in [0.05, 0.1) is 0 Å². The summed E-state index contributed by atoms with van der Waals surface area (Å²) < 4.78 is 0. The van der Waals surface area contributed by atoms with Crippen LogP contribution in [0.1, 0.15) is 46.0 Å². The van der Waals surface area contributed by atoms with E-state index in [1.807, 2.05) is 0 Å². The van der Waals surface area contributed by atoms with E-state index in [1.54, 1.807) is 0 Å². The molecule has 1 rings (SSSR count). The molecule has 1 heteroatoms. The van der Waals surface area contributed by atoms with Gasteiger partial charge in [0, 0.05) is 6.04 Å². The Labute approximate surface area is 70.4 Å². The maximum Gasteiger partial charge on any atom is 0.00439 e. The third kappa shape index (κ3) is 3.24. The van der Waals surface area contributed by atoms with Gasteiger partial charge in [0.25, 0.3) is 0 Å². The minimum absolute atomic E-state index is 0.472. The first-order valence-electron chi connectivity index (χ1n) is 4.94. The second-order valence-electron chi connectivity index (χ2n) is 4.42. The van der Waals surface area contributed by atoms with Gasteiger partial charge in [-0.05, 0) is 24.7 Å². The van der Waals surface area contributed by atoms with E-state index in [2.05, 4.69) is 13.8 Å². The highest BCUT2D eigenvalue weighted by molar-refractivity contribution is 4.75. The van der Waals surface area contributed by atoms with Crippen molar-refractivity contribution >= 4 is 0 Å². The van der Waals surface area contributed by atoms with E-state index in [9.17, 15) is 0 Å². The van der Waals surface area contributed by atoms with Crippen LogP contribution in [0.5, 0.6) is 0 Å². The van der Waals surface area contributed by atoms with Crippen LogP contribution < -0.4 is 5.73 Å². The summed E-state index contributed by atoms with van der Waals surface area (Å²) in [6.07, 6.45) is 6.80. The normalized spacial score (nSPS) is 21.8. The van der Waals surface area contributed by atoms with Crippen molar-refractivity contribution in [1.29, 1.82) is 0 Å². The number of nitrogens with two attached hydrogens (primary N) is 1. The van der Waals surface area contributed by atoms with Gasteiger partial charge in [-0.25, -0.2) is 0 Å². The van der Waals surface area contributed by atoms with Crippen molar-refractivity contribution in [3.63, 3.8) is 0 Å². The van der Waals surface area contributed by atoms with Crippen LogP contribution in [0.4, 0.5) is 0 Å². The molecule has 1 aliphatic rings. The lowest BCUT2D eigenvalue weighted by molar-refractivity contribution is 0.264. The first-order chi connectivity index (χ1) is 5.18. The monoisotopic (exact) mass is 155 g/mol. The van der Waals surface area contributed by atoms with Gasteiger partial charge in [-0.1, -0.05) is 33.1 Å². The smallest absolute Gasteiger partial charge is 0.00439 e. The lowest BCUT2D eigenvalue weighted by atomic mass is 9.80. The van der Waals surface area contributed by atoms with Crippen LogP contribution in [-0.2, 0) is 0 Å². The Morgan fingerprint density at radius 1 is 1.36 bits per heavy atom. The van der Waals surface area contributed by atoms with Crippen LogP contribution >= 0.6 is 0 Å². The molecule has 0 aromatic heterocycles. The van der Waals surface area contributed by atoms with E-state index in [-0.39, 0.29) is 0 Å². The van der Waals surface area contributed by atoms with Gasteiger partial charge in [-0.3, -0.25) is 0 Å². The fourth-order valence-electron chi connectivity index (χ4n) is 1.86. The third-order valence-electron chi connectivity index (χ3n) is 2.63. The van der Waals surface area contributed by atoms with Crippen LogP contribution in [0, 0.1) is 11.8 Å². The molecule has 1 atom stereocenters. The standard InChI is InChI=1S/C10H21N/c1-8(2)6-10(11)7-9-4-3-5-9/h8-10H,3-7,11H2,1-2H3. The molecular formula is C10H21N. The van der Waals surface area contributed by atoms with Gasteiger partial charge in [-0.15, -0.1) is 0 Å². The molecule has 0 spiro atoms. The molecule has 1 unspecified atom stereocenters. The maximum atomic E-state index is 5.98. The Morgan fingerprint density at radius 2 is 2.00 bits per heavy atom. The molecule has 0 bridgehead atoms. The molecule has 1 saturated carbocycles. The van der Waals surface area contributed by atoms with Crippen molar-refractivity contribution in [2.45, 2.75) is 52.0 Å². The van der Waals surface area contributed by atoms with Gasteiger partial charge in [-0.2, -0.15) is 0 Å². The minimum atomic E-state index is 0.472. The molecule has 0 aromatic carbocycles. The van der Waals surface area contributed by atoms with Crippen LogP contribution in [0.2, 0.25) is 0 Å². The zero-order chi connectivity index (χ0) is 8.27. The molecular weight excluding hydrogens is 134 g/mol. The second-order valence-corrected chi connectivity index (χ2v) is 4.42. The quantitative estimate of drug-likeness (QED) is 0.663. The van der Waals surface area contributed by atoms with Crippen molar-refractivity contribution in [3.8, 4) is 0 Å². The first-order valence-corrected chi connectivity index (χ1v) is 4.94. The van der Waals surface area contributed by atoms with Crippen LogP contribution in [-0.4, -0.2) is 6.04 Å². The van der Waals surface area contributed by atoms with E-state index >= 15 is 0 Å². The van der Waals surface area contributed by atoms with Crippen molar-refractivity contribution in [2.75, 3.05) is 0 Å². The zero-order valence-corrected chi connectivity index (χ0v) is 7.84. The second kappa shape index (κ2) is 4.10. The molecule has 0 saturated heterocycles. The number of hydrogen-bond donors (Lipinski definition) is 1. The molecule has 0 aromatic rings. The molecule has 0 aliphatic heterocycles. The molecule has 66 valence electrons.